The number of aromatic hydroxyl groups is 1. The highest BCUT2D eigenvalue weighted by atomic mass is 16.3. The molecule has 1 aromatic heterocycles. The summed E-state index contributed by atoms with van der Waals surface area (Å²) >= 11 is 0. The summed E-state index contributed by atoms with van der Waals surface area (Å²) in [6, 6.07) is 19.0. The minimum Gasteiger partial charge on any atom is -0.507 e. The number of phenols is 1. The third-order valence-electron chi connectivity index (χ3n) is 4.74. The Balaban J connectivity index is 1.90. The van der Waals surface area contributed by atoms with Crippen molar-refractivity contribution >= 4 is 16.9 Å². The Morgan fingerprint density at radius 1 is 1.04 bits per heavy atom. The van der Waals surface area contributed by atoms with Crippen molar-refractivity contribution in [1.29, 1.82) is 5.41 Å². The molecule has 0 amide bonds. The van der Waals surface area contributed by atoms with Crippen molar-refractivity contribution < 1.29 is 5.11 Å². The molecular weight excluding hydrogens is 350 g/mol. The van der Waals surface area contributed by atoms with E-state index in [1.807, 2.05) is 48.5 Å². The SMILES string of the molecule is N=C(N)c1ccc2nc(-c3cc(CCN)cc(-c4ccccc4)c3O)[nH]c2c1. The lowest BCUT2D eigenvalue weighted by molar-refractivity contribution is 0.478. The molecule has 1 heterocycles. The van der Waals surface area contributed by atoms with Crippen LogP contribution in [0.3, 0.4) is 0 Å². The van der Waals surface area contributed by atoms with E-state index in [4.69, 9.17) is 16.9 Å². The number of aromatic nitrogens is 2. The third-order valence-corrected chi connectivity index (χ3v) is 4.74. The molecule has 4 rings (SSSR count). The molecule has 0 atom stereocenters. The van der Waals surface area contributed by atoms with Crippen LogP contribution >= 0.6 is 0 Å². The maximum absolute atomic E-state index is 11.0. The summed E-state index contributed by atoms with van der Waals surface area (Å²) in [5.74, 6) is 0.722. The molecule has 7 N–H and O–H groups in total. The molecule has 3 aromatic carbocycles. The molecular formula is C22H21N5O. The first-order chi connectivity index (χ1) is 13.6. The number of phenolic OH excluding ortho intramolecular Hbond substituents is 1. The highest BCUT2D eigenvalue weighted by Crippen LogP contribution is 2.39. The Morgan fingerprint density at radius 2 is 1.79 bits per heavy atom. The van der Waals surface area contributed by atoms with Crippen molar-refractivity contribution in [2.75, 3.05) is 6.54 Å². The quantitative estimate of drug-likeness (QED) is 0.272. The van der Waals surface area contributed by atoms with Crippen LogP contribution in [0.5, 0.6) is 5.75 Å². The van der Waals surface area contributed by atoms with Crippen molar-refractivity contribution in [3.8, 4) is 28.3 Å². The lowest BCUT2D eigenvalue weighted by Crippen LogP contribution is -2.10. The van der Waals surface area contributed by atoms with E-state index >= 15 is 0 Å². The van der Waals surface area contributed by atoms with Gasteiger partial charge in [-0.3, -0.25) is 5.41 Å². The molecule has 0 fully saturated rings. The number of hydrogen-bond donors (Lipinski definition) is 5. The van der Waals surface area contributed by atoms with Crippen LogP contribution < -0.4 is 11.5 Å². The Bertz CT molecular complexity index is 1160. The van der Waals surface area contributed by atoms with Gasteiger partial charge in [0.05, 0.1) is 16.6 Å². The summed E-state index contributed by atoms with van der Waals surface area (Å²) in [4.78, 5) is 7.86. The molecule has 0 aliphatic rings. The number of fused-ring (bicyclic) bond motifs is 1. The summed E-state index contributed by atoms with van der Waals surface area (Å²) < 4.78 is 0. The number of nitrogens with two attached hydrogens (primary N) is 2. The molecule has 0 aliphatic heterocycles. The van der Waals surface area contributed by atoms with Gasteiger partial charge in [-0.25, -0.2) is 4.98 Å². The van der Waals surface area contributed by atoms with Crippen LogP contribution in [0, 0.1) is 5.41 Å². The molecule has 0 saturated heterocycles. The van der Waals surface area contributed by atoms with E-state index in [0.29, 0.717) is 29.9 Å². The Morgan fingerprint density at radius 3 is 2.50 bits per heavy atom. The number of H-pyrrole nitrogens is 1. The van der Waals surface area contributed by atoms with Crippen molar-refractivity contribution in [1.82, 2.24) is 9.97 Å². The van der Waals surface area contributed by atoms with Crippen molar-refractivity contribution in [3.63, 3.8) is 0 Å². The van der Waals surface area contributed by atoms with E-state index in [2.05, 4.69) is 9.97 Å². The second-order valence-corrected chi connectivity index (χ2v) is 6.68. The van der Waals surface area contributed by atoms with Crippen molar-refractivity contribution in [2.45, 2.75) is 6.42 Å². The first-order valence-corrected chi connectivity index (χ1v) is 9.02. The number of nitrogens with one attached hydrogen (secondary N) is 2. The van der Waals surface area contributed by atoms with Crippen LogP contribution in [-0.4, -0.2) is 27.5 Å². The summed E-state index contributed by atoms with van der Waals surface area (Å²) in [5, 5.41) is 18.6. The van der Waals surface area contributed by atoms with Gasteiger partial charge in [-0.15, -0.1) is 0 Å². The molecule has 140 valence electrons. The fourth-order valence-electron chi connectivity index (χ4n) is 3.33. The number of rotatable bonds is 5. The molecule has 0 saturated carbocycles. The first-order valence-electron chi connectivity index (χ1n) is 9.02. The monoisotopic (exact) mass is 371 g/mol. The largest absolute Gasteiger partial charge is 0.507 e. The van der Waals surface area contributed by atoms with E-state index in [0.717, 1.165) is 27.7 Å². The molecule has 4 aromatic rings. The number of nitrogen functional groups attached to an aromatic ring is 1. The highest BCUT2D eigenvalue weighted by Gasteiger charge is 2.16. The number of aromatic amines is 1. The fraction of sp³-hybridized carbons (Fsp3) is 0.0909. The lowest BCUT2D eigenvalue weighted by Gasteiger charge is -2.12. The van der Waals surface area contributed by atoms with Crippen molar-refractivity contribution in [3.05, 3.63) is 71.8 Å². The van der Waals surface area contributed by atoms with Gasteiger partial charge in [0.1, 0.15) is 17.4 Å². The average molecular weight is 371 g/mol. The molecule has 28 heavy (non-hydrogen) atoms. The van der Waals surface area contributed by atoms with Gasteiger partial charge >= 0.3 is 0 Å². The van der Waals surface area contributed by atoms with E-state index in [1.165, 1.54) is 0 Å². The van der Waals surface area contributed by atoms with Crippen LogP contribution in [0.4, 0.5) is 0 Å². The second-order valence-electron chi connectivity index (χ2n) is 6.68. The van der Waals surface area contributed by atoms with Crippen LogP contribution in [0.15, 0.2) is 60.7 Å². The molecule has 0 aliphatic carbocycles. The van der Waals surface area contributed by atoms with E-state index in [-0.39, 0.29) is 11.6 Å². The number of amidine groups is 1. The fourth-order valence-corrected chi connectivity index (χ4v) is 3.33. The second kappa shape index (κ2) is 7.17. The molecule has 0 unspecified atom stereocenters. The Kier molecular flexibility index (Phi) is 4.55. The van der Waals surface area contributed by atoms with Crippen LogP contribution in [-0.2, 0) is 6.42 Å². The van der Waals surface area contributed by atoms with Gasteiger partial charge < -0.3 is 21.6 Å². The standard InChI is InChI=1S/C22H21N5O/c23-9-8-13-10-16(14-4-2-1-3-5-14)20(28)17(11-13)22-26-18-7-6-15(21(24)25)12-19(18)27-22/h1-7,10-12,28H,8-9,23H2,(H3,24,25)(H,26,27). The van der Waals surface area contributed by atoms with Gasteiger partial charge in [0.25, 0.3) is 0 Å². The number of hydrogen-bond acceptors (Lipinski definition) is 4. The minimum absolute atomic E-state index is 0.00259. The molecule has 0 radical (unpaired) electrons. The average Bonchev–Trinajstić information content (AvgIpc) is 3.13. The van der Waals surface area contributed by atoms with Crippen LogP contribution in [0.2, 0.25) is 0 Å². The zero-order chi connectivity index (χ0) is 19.7. The Labute approximate surface area is 162 Å². The number of nitrogens with zero attached hydrogens (tertiary/aromatic N) is 1. The first kappa shape index (κ1) is 17.8. The van der Waals surface area contributed by atoms with Gasteiger partial charge in [-0.2, -0.15) is 0 Å². The van der Waals surface area contributed by atoms with Crippen LogP contribution in [0.25, 0.3) is 33.5 Å². The topological polar surface area (TPSA) is 125 Å². The van der Waals surface area contributed by atoms with Gasteiger partial charge in [-0.05, 0) is 54.4 Å². The zero-order valence-electron chi connectivity index (χ0n) is 15.2. The van der Waals surface area contributed by atoms with Crippen LogP contribution in [0.1, 0.15) is 11.1 Å². The van der Waals surface area contributed by atoms with Gasteiger partial charge in [0, 0.05) is 11.1 Å². The summed E-state index contributed by atoms with van der Waals surface area (Å²) in [6.45, 7) is 0.514. The molecule has 6 heteroatoms. The molecule has 6 nitrogen and oxygen atoms in total. The van der Waals surface area contributed by atoms with E-state index in [9.17, 15) is 5.11 Å². The third kappa shape index (κ3) is 3.21. The number of imidazole rings is 1. The molecule has 0 bridgehead atoms. The predicted octanol–water partition coefficient (Wildman–Crippen LogP) is 3.39. The summed E-state index contributed by atoms with van der Waals surface area (Å²) in [5.41, 5.74) is 16.8. The smallest absolute Gasteiger partial charge is 0.142 e. The highest BCUT2D eigenvalue weighted by molar-refractivity contribution is 5.98. The zero-order valence-corrected chi connectivity index (χ0v) is 15.2. The van der Waals surface area contributed by atoms with E-state index < -0.39 is 0 Å². The van der Waals surface area contributed by atoms with Crippen molar-refractivity contribution in [2.24, 2.45) is 11.5 Å². The minimum atomic E-state index is -0.00259. The Hall–Kier alpha value is -3.64. The lowest BCUT2D eigenvalue weighted by atomic mass is 9.96. The van der Waals surface area contributed by atoms with Gasteiger partial charge in [0.15, 0.2) is 0 Å². The maximum Gasteiger partial charge on any atom is 0.142 e. The maximum atomic E-state index is 11.0. The van der Waals surface area contributed by atoms with Gasteiger partial charge in [-0.1, -0.05) is 30.3 Å². The predicted molar refractivity (Wildman–Crippen MR) is 112 cm³/mol. The van der Waals surface area contributed by atoms with Gasteiger partial charge in [0.2, 0.25) is 0 Å². The number of benzene rings is 3. The normalized spacial score (nSPS) is 11.0. The van der Waals surface area contributed by atoms with E-state index in [1.54, 1.807) is 12.1 Å². The molecule has 0 spiro atoms. The summed E-state index contributed by atoms with van der Waals surface area (Å²) in [6.07, 6.45) is 0.696. The summed E-state index contributed by atoms with van der Waals surface area (Å²) in [7, 11) is 0.